The Morgan fingerprint density at radius 3 is 2.67 bits per heavy atom. The van der Waals surface area contributed by atoms with Crippen molar-refractivity contribution in [2.24, 2.45) is 0 Å². The highest BCUT2D eigenvalue weighted by Crippen LogP contribution is 2.16. The molecule has 2 rings (SSSR count). The zero-order chi connectivity index (χ0) is 10.7. The van der Waals surface area contributed by atoms with E-state index in [0.717, 1.165) is 11.3 Å². The quantitative estimate of drug-likeness (QED) is 0.816. The molecule has 0 amide bonds. The van der Waals surface area contributed by atoms with Crippen LogP contribution in [0.3, 0.4) is 0 Å². The zero-order valence-corrected chi connectivity index (χ0v) is 8.59. The molecule has 4 heteroatoms. The standard InChI is InChI=1S/C11H13N3O/c1-9-2-4-10(5-3-9)11-8-14(6-7-15)13-12-11/h2-5,8,15H,6-7H2,1H3. The van der Waals surface area contributed by atoms with Crippen LogP contribution in [-0.4, -0.2) is 26.7 Å². The van der Waals surface area contributed by atoms with Crippen LogP contribution in [0.25, 0.3) is 11.3 Å². The molecule has 1 heterocycles. The van der Waals surface area contributed by atoms with Gasteiger partial charge in [-0.3, -0.25) is 0 Å². The third-order valence-electron chi connectivity index (χ3n) is 2.22. The predicted molar refractivity (Wildman–Crippen MR) is 57.3 cm³/mol. The topological polar surface area (TPSA) is 50.9 Å². The first-order valence-corrected chi connectivity index (χ1v) is 4.87. The minimum atomic E-state index is 0.0801. The van der Waals surface area contributed by atoms with Crippen LogP contribution in [0.4, 0.5) is 0 Å². The predicted octanol–water partition coefficient (Wildman–Crippen LogP) is 1.25. The van der Waals surface area contributed by atoms with Gasteiger partial charge in [-0.25, -0.2) is 4.68 Å². The number of nitrogens with zero attached hydrogens (tertiary/aromatic N) is 3. The van der Waals surface area contributed by atoms with Crippen molar-refractivity contribution in [1.29, 1.82) is 0 Å². The van der Waals surface area contributed by atoms with Gasteiger partial charge >= 0.3 is 0 Å². The number of aliphatic hydroxyl groups excluding tert-OH is 1. The number of hydrogen-bond donors (Lipinski definition) is 1. The van der Waals surface area contributed by atoms with E-state index in [1.165, 1.54) is 5.56 Å². The molecule has 2 aromatic rings. The third kappa shape index (κ3) is 2.22. The summed E-state index contributed by atoms with van der Waals surface area (Å²) >= 11 is 0. The molecule has 0 unspecified atom stereocenters. The lowest BCUT2D eigenvalue weighted by Gasteiger charge is -1.96. The van der Waals surface area contributed by atoms with E-state index in [-0.39, 0.29) is 6.61 Å². The minimum absolute atomic E-state index is 0.0801. The fourth-order valence-electron chi connectivity index (χ4n) is 1.37. The Labute approximate surface area is 88.2 Å². The van der Waals surface area contributed by atoms with E-state index in [9.17, 15) is 0 Å². The van der Waals surface area contributed by atoms with Crippen LogP contribution < -0.4 is 0 Å². The molecule has 0 fully saturated rings. The van der Waals surface area contributed by atoms with Crippen molar-refractivity contribution in [1.82, 2.24) is 15.0 Å². The first-order chi connectivity index (χ1) is 7.29. The number of aliphatic hydroxyl groups is 1. The monoisotopic (exact) mass is 203 g/mol. The lowest BCUT2D eigenvalue weighted by Crippen LogP contribution is -2.01. The highest BCUT2D eigenvalue weighted by molar-refractivity contribution is 5.57. The highest BCUT2D eigenvalue weighted by Gasteiger charge is 2.02. The van der Waals surface area contributed by atoms with Gasteiger partial charge in [0.25, 0.3) is 0 Å². The van der Waals surface area contributed by atoms with Gasteiger partial charge in [0.2, 0.25) is 0 Å². The lowest BCUT2D eigenvalue weighted by atomic mass is 10.1. The third-order valence-corrected chi connectivity index (χ3v) is 2.22. The Balaban J connectivity index is 2.25. The van der Waals surface area contributed by atoms with Crippen LogP contribution in [0.2, 0.25) is 0 Å². The van der Waals surface area contributed by atoms with E-state index < -0.39 is 0 Å². The fraction of sp³-hybridized carbons (Fsp3) is 0.273. The number of aryl methyl sites for hydroxylation is 1. The number of rotatable bonds is 3. The van der Waals surface area contributed by atoms with Gasteiger partial charge in [0, 0.05) is 5.56 Å². The molecule has 0 saturated heterocycles. The Kier molecular flexibility index (Phi) is 2.78. The van der Waals surface area contributed by atoms with Crippen molar-refractivity contribution in [2.75, 3.05) is 6.61 Å². The van der Waals surface area contributed by atoms with Gasteiger partial charge in [-0.2, -0.15) is 0 Å². The average molecular weight is 203 g/mol. The SMILES string of the molecule is Cc1ccc(-c2cn(CCO)nn2)cc1. The largest absolute Gasteiger partial charge is 0.394 e. The summed E-state index contributed by atoms with van der Waals surface area (Å²) in [5.74, 6) is 0. The summed E-state index contributed by atoms with van der Waals surface area (Å²) in [6.07, 6.45) is 1.83. The molecule has 0 bridgehead atoms. The smallest absolute Gasteiger partial charge is 0.113 e. The van der Waals surface area contributed by atoms with Gasteiger partial charge in [-0.15, -0.1) is 5.10 Å². The highest BCUT2D eigenvalue weighted by atomic mass is 16.3. The van der Waals surface area contributed by atoms with Crippen LogP contribution in [0.5, 0.6) is 0 Å². The van der Waals surface area contributed by atoms with E-state index in [2.05, 4.69) is 10.3 Å². The van der Waals surface area contributed by atoms with Crippen LogP contribution in [0.1, 0.15) is 5.56 Å². The number of hydrogen-bond acceptors (Lipinski definition) is 3. The van der Waals surface area contributed by atoms with Crippen molar-refractivity contribution in [3.05, 3.63) is 36.0 Å². The molecule has 0 spiro atoms. The van der Waals surface area contributed by atoms with Crippen molar-refractivity contribution < 1.29 is 5.11 Å². The van der Waals surface area contributed by atoms with E-state index in [4.69, 9.17) is 5.11 Å². The second-order valence-corrected chi connectivity index (χ2v) is 3.46. The second-order valence-electron chi connectivity index (χ2n) is 3.46. The van der Waals surface area contributed by atoms with E-state index in [1.54, 1.807) is 4.68 Å². The fourth-order valence-corrected chi connectivity index (χ4v) is 1.37. The Morgan fingerprint density at radius 2 is 2.00 bits per heavy atom. The van der Waals surface area contributed by atoms with Crippen molar-refractivity contribution >= 4 is 0 Å². The van der Waals surface area contributed by atoms with Crippen LogP contribution in [0.15, 0.2) is 30.5 Å². The number of aromatic nitrogens is 3. The summed E-state index contributed by atoms with van der Waals surface area (Å²) in [5, 5.41) is 16.7. The molecular weight excluding hydrogens is 190 g/mol. The molecule has 0 aliphatic rings. The van der Waals surface area contributed by atoms with Crippen molar-refractivity contribution in [3.8, 4) is 11.3 Å². The maximum atomic E-state index is 8.75. The Morgan fingerprint density at radius 1 is 1.27 bits per heavy atom. The van der Waals surface area contributed by atoms with Crippen LogP contribution in [0, 0.1) is 6.92 Å². The van der Waals surface area contributed by atoms with Gasteiger partial charge in [-0.1, -0.05) is 35.0 Å². The van der Waals surface area contributed by atoms with E-state index in [0.29, 0.717) is 6.54 Å². The molecule has 0 saturated carbocycles. The van der Waals surface area contributed by atoms with Gasteiger partial charge in [0.05, 0.1) is 19.3 Å². The molecule has 1 aromatic carbocycles. The molecule has 0 aliphatic carbocycles. The summed E-state index contributed by atoms with van der Waals surface area (Å²) in [5.41, 5.74) is 3.11. The minimum Gasteiger partial charge on any atom is -0.394 e. The van der Waals surface area contributed by atoms with Gasteiger partial charge in [0.15, 0.2) is 0 Å². The van der Waals surface area contributed by atoms with E-state index >= 15 is 0 Å². The first-order valence-electron chi connectivity index (χ1n) is 4.87. The molecular formula is C11H13N3O. The lowest BCUT2D eigenvalue weighted by molar-refractivity contribution is 0.268. The second kappa shape index (κ2) is 4.23. The van der Waals surface area contributed by atoms with Crippen molar-refractivity contribution in [2.45, 2.75) is 13.5 Å². The average Bonchev–Trinajstić information content (AvgIpc) is 2.68. The van der Waals surface area contributed by atoms with Gasteiger partial charge < -0.3 is 5.11 Å². The molecule has 78 valence electrons. The summed E-state index contributed by atoms with van der Waals surface area (Å²) < 4.78 is 1.63. The number of benzene rings is 1. The molecule has 0 radical (unpaired) electrons. The molecule has 1 N–H and O–H groups in total. The Hall–Kier alpha value is -1.68. The van der Waals surface area contributed by atoms with Crippen LogP contribution >= 0.6 is 0 Å². The maximum absolute atomic E-state index is 8.75. The first kappa shape index (κ1) is 9.86. The van der Waals surface area contributed by atoms with Crippen LogP contribution in [-0.2, 0) is 6.54 Å². The van der Waals surface area contributed by atoms with Gasteiger partial charge in [-0.05, 0) is 6.92 Å². The summed E-state index contributed by atoms with van der Waals surface area (Å²) in [6, 6.07) is 8.12. The molecule has 0 atom stereocenters. The summed E-state index contributed by atoms with van der Waals surface area (Å²) in [4.78, 5) is 0. The summed E-state index contributed by atoms with van der Waals surface area (Å²) in [7, 11) is 0. The molecule has 15 heavy (non-hydrogen) atoms. The van der Waals surface area contributed by atoms with Gasteiger partial charge in [0.1, 0.15) is 5.69 Å². The maximum Gasteiger partial charge on any atom is 0.113 e. The zero-order valence-electron chi connectivity index (χ0n) is 8.59. The normalized spacial score (nSPS) is 10.5. The molecule has 4 nitrogen and oxygen atoms in total. The Bertz CT molecular complexity index is 433. The van der Waals surface area contributed by atoms with Crippen molar-refractivity contribution in [3.63, 3.8) is 0 Å². The molecule has 0 aliphatic heterocycles. The van der Waals surface area contributed by atoms with E-state index in [1.807, 2.05) is 37.4 Å². The summed E-state index contributed by atoms with van der Waals surface area (Å²) in [6.45, 7) is 2.61. The molecule has 1 aromatic heterocycles.